The summed E-state index contributed by atoms with van der Waals surface area (Å²) >= 11 is 6.07. The molecular weight excluding hydrogens is 270 g/mol. The van der Waals surface area contributed by atoms with E-state index < -0.39 is 11.0 Å². The fraction of sp³-hybridized carbons (Fsp3) is 0.462. The molecule has 0 spiro atoms. The monoisotopic (exact) mass is 285 g/mol. The minimum atomic E-state index is -1.18. The Labute approximate surface area is 115 Å². The van der Waals surface area contributed by atoms with Crippen LogP contribution in [0.25, 0.3) is 0 Å². The van der Waals surface area contributed by atoms with Gasteiger partial charge in [-0.15, -0.1) is 0 Å². The molecule has 0 amide bonds. The van der Waals surface area contributed by atoms with E-state index in [4.69, 9.17) is 16.3 Å². The van der Waals surface area contributed by atoms with E-state index >= 15 is 0 Å². The highest BCUT2D eigenvalue weighted by molar-refractivity contribution is 7.84. The number of hydrogen-bond acceptors (Lipinski definition) is 2. The van der Waals surface area contributed by atoms with Crippen LogP contribution in [0, 0.1) is 0 Å². The van der Waals surface area contributed by atoms with Crippen LogP contribution in [-0.4, -0.2) is 22.3 Å². The van der Waals surface area contributed by atoms with Crippen LogP contribution in [0.5, 0.6) is 0 Å². The predicted molar refractivity (Wildman–Crippen MR) is 75.7 cm³/mol. The van der Waals surface area contributed by atoms with Crippen LogP contribution >= 0.6 is 11.6 Å². The molecule has 2 rings (SSSR count). The highest BCUT2D eigenvalue weighted by Gasteiger charge is 2.14. The Morgan fingerprint density at radius 3 is 3.00 bits per heavy atom. The molecule has 0 saturated carbocycles. The minimum Gasteiger partial charge on any atom is -0.376 e. The van der Waals surface area contributed by atoms with E-state index in [1.807, 2.05) is 26.0 Å². The summed E-state index contributed by atoms with van der Waals surface area (Å²) in [5.41, 5.74) is 3.26. The van der Waals surface area contributed by atoms with Gasteiger partial charge in [-0.25, -0.2) is 4.21 Å². The first-order valence-electron chi connectivity index (χ1n) is 5.91. The molecule has 0 radical (unpaired) electrons. The van der Waals surface area contributed by atoms with Crippen molar-refractivity contribution < 1.29 is 8.95 Å². The number of rotatable bonds is 3. The van der Waals surface area contributed by atoms with Crippen molar-refractivity contribution in [1.29, 1.82) is 0 Å². The summed E-state index contributed by atoms with van der Waals surface area (Å²) in [6, 6.07) is 3.79. The first kappa shape index (κ1) is 13.7. The lowest BCUT2D eigenvalue weighted by atomic mass is 9.98. The smallest absolute Gasteiger partial charge is 0.141 e. The number of ether oxygens (including phenoxy) is 1. The second-order valence-electron chi connectivity index (χ2n) is 4.49. The molecule has 1 aromatic carbocycles. The Balaban J connectivity index is 2.32. The van der Waals surface area contributed by atoms with Gasteiger partial charge in [0, 0.05) is 11.2 Å². The van der Waals surface area contributed by atoms with Crippen molar-refractivity contribution in [2.45, 2.75) is 32.1 Å². The maximum Gasteiger partial charge on any atom is 0.141 e. The van der Waals surface area contributed by atoms with Crippen molar-refractivity contribution in [2.24, 2.45) is 4.40 Å². The van der Waals surface area contributed by atoms with Gasteiger partial charge in [0.25, 0.3) is 0 Å². The fourth-order valence-corrected chi connectivity index (χ4v) is 2.56. The number of nitrogens with zero attached hydrogens (tertiary/aromatic N) is 1. The van der Waals surface area contributed by atoms with Crippen LogP contribution in [0.15, 0.2) is 16.5 Å². The maximum absolute atomic E-state index is 11.6. The highest BCUT2D eigenvalue weighted by Crippen LogP contribution is 2.24. The van der Waals surface area contributed by atoms with Crippen molar-refractivity contribution in [1.82, 2.24) is 0 Å². The van der Waals surface area contributed by atoms with Gasteiger partial charge in [0.05, 0.1) is 18.5 Å². The van der Waals surface area contributed by atoms with Gasteiger partial charge in [0.1, 0.15) is 11.0 Å². The van der Waals surface area contributed by atoms with Crippen LogP contribution in [0.3, 0.4) is 0 Å². The third kappa shape index (κ3) is 3.19. The second-order valence-corrected chi connectivity index (χ2v) is 6.64. The predicted octanol–water partition coefficient (Wildman–Crippen LogP) is 2.90. The van der Waals surface area contributed by atoms with E-state index in [-0.39, 0.29) is 5.25 Å². The number of halogens is 1. The first-order chi connectivity index (χ1) is 8.58. The molecule has 0 bridgehead atoms. The third-order valence-corrected chi connectivity index (χ3v) is 4.13. The third-order valence-electron chi connectivity index (χ3n) is 2.79. The molecule has 0 fully saturated rings. The summed E-state index contributed by atoms with van der Waals surface area (Å²) in [6.07, 6.45) is 2.52. The fourth-order valence-electron chi connectivity index (χ4n) is 1.85. The Morgan fingerprint density at radius 2 is 2.28 bits per heavy atom. The molecule has 1 atom stereocenters. The average Bonchev–Trinajstić information content (AvgIpc) is 2.35. The standard InChI is InChI=1S/C13H16ClNO2S/c1-9(2)18(16)15-7-10-5-12(14)6-11-8-17-4-3-13(10)11/h5-7,9H,3-4,8H2,1-2H3/b15-7+/t18-/m0/s1. The first-order valence-corrected chi connectivity index (χ1v) is 7.46. The molecular formula is C13H16ClNO2S. The molecule has 1 heterocycles. The quantitative estimate of drug-likeness (QED) is 0.801. The van der Waals surface area contributed by atoms with E-state index in [0.717, 1.165) is 17.5 Å². The molecule has 0 aliphatic carbocycles. The van der Waals surface area contributed by atoms with Crippen molar-refractivity contribution in [2.75, 3.05) is 6.61 Å². The average molecular weight is 286 g/mol. The summed E-state index contributed by atoms with van der Waals surface area (Å²) in [5.74, 6) is 0. The Hall–Kier alpha value is -0.710. The molecule has 1 aromatic rings. The van der Waals surface area contributed by atoms with Gasteiger partial charge >= 0.3 is 0 Å². The van der Waals surface area contributed by atoms with E-state index in [0.29, 0.717) is 18.2 Å². The lowest BCUT2D eigenvalue weighted by molar-refractivity contribution is 0.110. The normalized spacial score (nSPS) is 17.1. The summed E-state index contributed by atoms with van der Waals surface area (Å²) in [4.78, 5) is 0. The van der Waals surface area contributed by atoms with Crippen molar-refractivity contribution in [3.8, 4) is 0 Å². The van der Waals surface area contributed by atoms with Crippen LogP contribution in [-0.2, 0) is 28.8 Å². The molecule has 0 N–H and O–H groups in total. The number of fused-ring (bicyclic) bond motifs is 1. The van der Waals surface area contributed by atoms with E-state index in [2.05, 4.69) is 4.40 Å². The minimum absolute atomic E-state index is 0.0274. The van der Waals surface area contributed by atoms with E-state index in [9.17, 15) is 4.21 Å². The van der Waals surface area contributed by atoms with Gasteiger partial charge < -0.3 is 4.74 Å². The molecule has 5 heteroatoms. The lowest BCUT2D eigenvalue weighted by Gasteiger charge is -2.18. The molecule has 3 nitrogen and oxygen atoms in total. The molecule has 0 unspecified atom stereocenters. The van der Waals surface area contributed by atoms with Gasteiger partial charge in [-0.1, -0.05) is 11.6 Å². The van der Waals surface area contributed by atoms with Gasteiger partial charge in [-0.2, -0.15) is 4.40 Å². The highest BCUT2D eigenvalue weighted by atomic mass is 35.5. The van der Waals surface area contributed by atoms with Crippen LogP contribution in [0.4, 0.5) is 0 Å². The summed E-state index contributed by atoms with van der Waals surface area (Å²) in [5, 5.41) is 0.690. The molecule has 1 aliphatic heterocycles. The number of hydrogen-bond donors (Lipinski definition) is 0. The number of benzene rings is 1. The maximum atomic E-state index is 11.6. The van der Waals surface area contributed by atoms with E-state index in [1.165, 1.54) is 5.56 Å². The zero-order chi connectivity index (χ0) is 13.1. The molecule has 1 aliphatic rings. The summed E-state index contributed by atoms with van der Waals surface area (Å²) < 4.78 is 21.1. The lowest BCUT2D eigenvalue weighted by Crippen LogP contribution is -2.12. The van der Waals surface area contributed by atoms with Crippen molar-refractivity contribution in [3.05, 3.63) is 33.8 Å². The Bertz CT molecular complexity index is 500. The molecule has 98 valence electrons. The van der Waals surface area contributed by atoms with Crippen LogP contribution < -0.4 is 0 Å². The zero-order valence-corrected chi connectivity index (χ0v) is 12.1. The topological polar surface area (TPSA) is 38.7 Å². The van der Waals surface area contributed by atoms with Crippen LogP contribution in [0.2, 0.25) is 5.02 Å². The zero-order valence-electron chi connectivity index (χ0n) is 10.5. The molecule has 18 heavy (non-hydrogen) atoms. The van der Waals surface area contributed by atoms with Gasteiger partial charge in [-0.05, 0) is 49.1 Å². The van der Waals surface area contributed by atoms with Crippen LogP contribution in [0.1, 0.15) is 30.5 Å². The van der Waals surface area contributed by atoms with Gasteiger partial charge in [-0.3, -0.25) is 0 Å². The SMILES string of the molecule is CC(C)[S@](=O)/N=C/c1cc(Cl)cc2c1CCOC2. The second kappa shape index (κ2) is 5.95. The summed E-state index contributed by atoms with van der Waals surface area (Å²) in [7, 11) is -1.18. The van der Waals surface area contributed by atoms with Crippen molar-refractivity contribution in [3.63, 3.8) is 0 Å². The van der Waals surface area contributed by atoms with Gasteiger partial charge in [0.15, 0.2) is 0 Å². The van der Waals surface area contributed by atoms with Crippen molar-refractivity contribution >= 4 is 28.8 Å². The van der Waals surface area contributed by atoms with Gasteiger partial charge in [0.2, 0.25) is 0 Å². The largest absolute Gasteiger partial charge is 0.376 e. The van der Waals surface area contributed by atoms with E-state index in [1.54, 1.807) is 6.21 Å². The molecule has 0 aromatic heterocycles. The Kier molecular flexibility index (Phi) is 4.54. The molecule has 0 saturated heterocycles. The summed E-state index contributed by atoms with van der Waals surface area (Å²) in [6.45, 7) is 5.07. The Morgan fingerprint density at radius 1 is 1.50 bits per heavy atom.